The highest BCUT2D eigenvalue weighted by atomic mass is 32.2. The molecule has 8 heteroatoms. The first-order valence-corrected chi connectivity index (χ1v) is 11.9. The Balaban J connectivity index is 1.52. The van der Waals surface area contributed by atoms with Crippen molar-refractivity contribution in [1.29, 1.82) is 0 Å². The quantitative estimate of drug-likeness (QED) is 0.761. The molecular weight excluding hydrogens is 390 g/mol. The minimum atomic E-state index is -3.45. The number of nitrogens with one attached hydrogen (secondary N) is 1. The Morgan fingerprint density at radius 2 is 1.72 bits per heavy atom. The maximum Gasteiger partial charge on any atom is 0.281 e. The highest BCUT2D eigenvalue weighted by Gasteiger charge is 2.37. The first kappa shape index (κ1) is 22.1. The first-order valence-electron chi connectivity index (χ1n) is 10.5. The molecule has 2 saturated heterocycles. The lowest BCUT2D eigenvalue weighted by Crippen LogP contribution is -2.52. The molecule has 1 aromatic rings. The predicted octanol–water partition coefficient (Wildman–Crippen LogP) is 2.25. The highest BCUT2D eigenvalue weighted by molar-refractivity contribution is 7.86. The standard InChI is InChI=1S/C21H33N3O4S/c1-16-12-17(2)15-24(14-16)29(26,27)23-10-8-18(9-11-23)21(25)22-13-19-6-4-5-7-20(19)28-3/h4-7,16-18H,8-15H2,1-3H3,(H,22,25)/t16-,17+. The summed E-state index contributed by atoms with van der Waals surface area (Å²) in [5.74, 6) is 1.33. The van der Waals surface area contributed by atoms with Gasteiger partial charge in [0.05, 0.1) is 7.11 Å². The van der Waals surface area contributed by atoms with Gasteiger partial charge < -0.3 is 10.1 Å². The Hall–Kier alpha value is -1.64. The van der Waals surface area contributed by atoms with Crippen molar-refractivity contribution in [3.8, 4) is 5.75 Å². The average molecular weight is 424 g/mol. The van der Waals surface area contributed by atoms with Crippen molar-refractivity contribution in [2.24, 2.45) is 17.8 Å². The van der Waals surface area contributed by atoms with E-state index in [0.29, 0.717) is 57.4 Å². The van der Waals surface area contributed by atoms with Crippen LogP contribution < -0.4 is 10.1 Å². The van der Waals surface area contributed by atoms with E-state index in [9.17, 15) is 13.2 Å². The molecule has 0 bridgehead atoms. The predicted molar refractivity (Wildman–Crippen MR) is 113 cm³/mol. The molecule has 1 aromatic carbocycles. The van der Waals surface area contributed by atoms with Crippen molar-refractivity contribution >= 4 is 16.1 Å². The molecule has 162 valence electrons. The van der Waals surface area contributed by atoms with E-state index in [1.54, 1.807) is 15.7 Å². The van der Waals surface area contributed by atoms with Gasteiger partial charge >= 0.3 is 0 Å². The van der Waals surface area contributed by atoms with E-state index in [1.807, 2.05) is 24.3 Å². The molecule has 7 nitrogen and oxygen atoms in total. The summed E-state index contributed by atoms with van der Waals surface area (Å²) in [6, 6.07) is 7.60. The molecule has 0 aromatic heterocycles. The number of hydrogen-bond donors (Lipinski definition) is 1. The van der Waals surface area contributed by atoms with Gasteiger partial charge in [0.2, 0.25) is 5.91 Å². The normalized spacial score (nSPS) is 24.9. The van der Waals surface area contributed by atoms with Gasteiger partial charge in [-0.3, -0.25) is 4.79 Å². The summed E-state index contributed by atoms with van der Waals surface area (Å²) in [4.78, 5) is 12.6. The zero-order valence-electron chi connectivity index (χ0n) is 17.6. The largest absolute Gasteiger partial charge is 0.496 e. The lowest BCUT2D eigenvalue weighted by Gasteiger charge is -2.39. The molecule has 0 aliphatic carbocycles. The van der Waals surface area contributed by atoms with Gasteiger partial charge in [-0.2, -0.15) is 17.0 Å². The van der Waals surface area contributed by atoms with Crippen LogP contribution >= 0.6 is 0 Å². The molecule has 1 amide bonds. The van der Waals surface area contributed by atoms with Gasteiger partial charge in [0.15, 0.2) is 0 Å². The van der Waals surface area contributed by atoms with Crippen molar-refractivity contribution < 1.29 is 17.9 Å². The third-order valence-corrected chi connectivity index (χ3v) is 7.93. The number of rotatable bonds is 6. The van der Waals surface area contributed by atoms with Crippen LogP contribution in [0.15, 0.2) is 24.3 Å². The molecule has 0 saturated carbocycles. The van der Waals surface area contributed by atoms with Gasteiger partial charge in [-0.25, -0.2) is 0 Å². The number of amides is 1. The Morgan fingerprint density at radius 3 is 2.34 bits per heavy atom. The Bertz CT molecular complexity index is 796. The lowest BCUT2D eigenvalue weighted by molar-refractivity contribution is -0.126. The van der Waals surface area contributed by atoms with Gasteiger partial charge in [0.1, 0.15) is 5.75 Å². The number of hydrogen-bond acceptors (Lipinski definition) is 4. The number of para-hydroxylation sites is 1. The van der Waals surface area contributed by atoms with Crippen molar-refractivity contribution in [2.45, 2.75) is 39.7 Å². The molecular formula is C21H33N3O4S. The fraction of sp³-hybridized carbons (Fsp3) is 0.667. The molecule has 2 atom stereocenters. The number of piperidine rings is 2. The molecule has 0 unspecified atom stereocenters. The van der Waals surface area contributed by atoms with Gasteiger partial charge in [0, 0.05) is 44.2 Å². The first-order chi connectivity index (χ1) is 13.8. The summed E-state index contributed by atoms with van der Waals surface area (Å²) in [6.07, 6.45) is 2.17. The van der Waals surface area contributed by atoms with Crippen LogP contribution in [0, 0.1) is 17.8 Å². The third kappa shape index (κ3) is 5.29. The van der Waals surface area contributed by atoms with Crippen LogP contribution in [0.5, 0.6) is 5.75 Å². The number of carbonyl (C=O) groups excluding carboxylic acids is 1. The second-order valence-electron chi connectivity index (χ2n) is 8.47. The van der Waals surface area contributed by atoms with Crippen LogP contribution in [-0.4, -0.2) is 56.2 Å². The third-order valence-electron chi connectivity index (χ3n) is 5.96. The monoisotopic (exact) mass is 423 g/mol. The van der Waals surface area contributed by atoms with Crippen LogP contribution in [0.3, 0.4) is 0 Å². The highest BCUT2D eigenvalue weighted by Crippen LogP contribution is 2.27. The van der Waals surface area contributed by atoms with E-state index in [4.69, 9.17) is 4.74 Å². The Morgan fingerprint density at radius 1 is 1.10 bits per heavy atom. The smallest absolute Gasteiger partial charge is 0.281 e. The number of ether oxygens (including phenoxy) is 1. The summed E-state index contributed by atoms with van der Waals surface area (Å²) in [7, 11) is -1.83. The van der Waals surface area contributed by atoms with E-state index in [1.165, 1.54) is 0 Å². The van der Waals surface area contributed by atoms with Gasteiger partial charge in [0.25, 0.3) is 10.2 Å². The van der Waals surface area contributed by atoms with Crippen LogP contribution in [0.1, 0.15) is 38.7 Å². The summed E-state index contributed by atoms with van der Waals surface area (Å²) < 4.78 is 34.6. The van der Waals surface area contributed by atoms with Gasteiger partial charge in [-0.15, -0.1) is 0 Å². The summed E-state index contributed by atoms with van der Waals surface area (Å²) >= 11 is 0. The fourth-order valence-corrected chi connectivity index (χ4v) is 6.37. The van der Waals surface area contributed by atoms with Gasteiger partial charge in [-0.05, 0) is 37.2 Å². The lowest BCUT2D eigenvalue weighted by atomic mass is 9.94. The van der Waals surface area contributed by atoms with E-state index < -0.39 is 10.2 Å². The second kappa shape index (κ2) is 9.45. The maximum atomic E-state index is 13.0. The minimum Gasteiger partial charge on any atom is -0.496 e. The minimum absolute atomic E-state index is 0.0202. The van der Waals surface area contributed by atoms with Crippen LogP contribution in [0.4, 0.5) is 0 Å². The molecule has 2 aliphatic heterocycles. The topological polar surface area (TPSA) is 79.0 Å². The molecule has 0 radical (unpaired) electrons. The van der Waals surface area contributed by atoms with Gasteiger partial charge in [-0.1, -0.05) is 32.0 Å². The van der Waals surface area contributed by atoms with E-state index in [-0.39, 0.29) is 11.8 Å². The molecule has 2 heterocycles. The number of methoxy groups -OCH3 is 1. The second-order valence-corrected chi connectivity index (χ2v) is 10.4. The molecule has 2 aliphatic rings. The molecule has 0 spiro atoms. The SMILES string of the molecule is COc1ccccc1CNC(=O)C1CCN(S(=O)(=O)N2C[C@H](C)C[C@H](C)C2)CC1. The van der Waals surface area contributed by atoms with Crippen molar-refractivity contribution in [3.63, 3.8) is 0 Å². The zero-order chi connectivity index (χ0) is 21.0. The molecule has 3 rings (SSSR count). The summed E-state index contributed by atoms with van der Waals surface area (Å²) in [5.41, 5.74) is 0.928. The average Bonchev–Trinajstić information content (AvgIpc) is 2.71. The van der Waals surface area contributed by atoms with E-state index >= 15 is 0 Å². The molecule has 1 N–H and O–H groups in total. The molecule has 29 heavy (non-hydrogen) atoms. The van der Waals surface area contributed by atoms with Crippen molar-refractivity contribution in [1.82, 2.24) is 13.9 Å². The summed E-state index contributed by atoms with van der Waals surface area (Å²) in [6.45, 7) is 6.60. The molecule has 2 fully saturated rings. The van der Waals surface area contributed by atoms with E-state index in [2.05, 4.69) is 19.2 Å². The maximum absolute atomic E-state index is 13.0. The van der Waals surface area contributed by atoms with Crippen LogP contribution in [0.25, 0.3) is 0 Å². The number of nitrogens with zero attached hydrogens (tertiary/aromatic N) is 2. The van der Waals surface area contributed by atoms with Crippen LogP contribution in [0.2, 0.25) is 0 Å². The van der Waals surface area contributed by atoms with Crippen molar-refractivity contribution in [3.05, 3.63) is 29.8 Å². The van der Waals surface area contributed by atoms with Crippen molar-refractivity contribution in [2.75, 3.05) is 33.3 Å². The fourth-order valence-electron chi connectivity index (χ4n) is 4.48. The Labute approximate surface area is 174 Å². The zero-order valence-corrected chi connectivity index (χ0v) is 18.5. The summed E-state index contributed by atoms with van der Waals surface area (Å²) in [5, 5.41) is 2.97. The van der Waals surface area contributed by atoms with Crippen LogP contribution in [-0.2, 0) is 21.5 Å². The number of benzene rings is 1. The number of carbonyl (C=O) groups is 1. The Kier molecular flexibility index (Phi) is 7.19. The van der Waals surface area contributed by atoms with E-state index in [0.717, 1.165) is 17.7 Å².